The average molecular weight is 218 g/mol. The molecule has 1 aliphatic rings. The Balaban J connectivity index is 2.08. The molecular weight excluding hydrogens is 200 g/mol. The van der Waals surface area contributed by atoms with E-state index in [9.17, 15) is 4.79 Å². The van der Waals surface area contributed by atoms with Crippen LogP contribution in [0.15, 0.2) is 18.2 Å². The van der Waals surface area contributed by atoms with Crippen molar-refractivity contribution in [3.8, 4) is 5.75 Å². The number of ether oxygens (including phenoxy) is 1. The van der Waals surface area contributed by atoms with Gasteiger partial charge in [0, 0.05) is 12.8 Å². The molecule has 0 spiro atoms. The highest BCUT2D eigenvalue weighted by Gasteiger charge is 2.21. The minimum atomic E-state index is 0.0850. The predicted octanol–water partition coefficient (Wildman–Crippen LogP) is 3.19. The summed E-state index contributed by atoms with van der Waals surface area (Å²) in [7, 11) is 0. The lowest BCUT2D eigenvalue weighted by atomic mass is 9.96. The van der Waals surface area contributed by atoms with Gasteiger partial charge in [0.1, 0.15) is 17.6 Å². The molecule has 1 aromatic carbocycles. The molecule has 2 nitrogen and oxygen atoms in total. The highest BCUT2D eigenvalue weighted by molar-refractivity contribution is 5.79. The van der Waals surface area contributed by atoms with Crippen molar-refractivity contribution >= 4 is 5.78 Å². The van der Waals surface area contributed by atoms with Gasteiger partial charge in [-0.3, -0.25) is 4.79 Å². The first-order valence-electron chi connectivity index (χ1n) is 5.91. The summed E-state index contributed by atoms with van der Waals surface area (Å²) in [6.07, 6.45) is 3.36. The van der Waals surface area contributed by atoms with Crippen LogP contribution < -0.4 is 4.74 Å². The van der Waals surface area contributed by atoms with Gasteiger partial charge < -0.3 is 4.74 Å². The monoisotopic (exact) mass is 218 g/mol. The Labute approximate surface area is 96.6 Å². The molecule has 0 saturated heterocycles. The summed E-state index contributed by atoms with van der Waals surface area (Å²) in [4.78, 5) is 11.3. The zero-order valence-corrected chi connectivity index (χ0v) is 9.95. The molecule has 2 rings (SSSR count). The fraction of sp³-hybridized carbons (Fsp3) is 0.500. The van der Waals surface area contributed by atoms with E-state index >= 15 is 0 Å². The van der Waals surface area contributed by atoms with Gasteiger partial charge in [0.2, 0.25) is 0 Å². The number of aryl methyl sites for hydroxylation is 2. The fourth-order valence-electron chi connectivity index (χ4n) is 2.10. The van der Waals surface area contributed by atoms with Crippen LogP contribution in [0.2, 0.25) is 0 Å². The number of rotatable bonds is 2. The van der Waals surface area contributed by atoms with Crippen molar-refractivity contribution in [3.05, 3.63) is 29.3 Å². The van der Waals surface area contributed by atoms with E-state index in [1.165, 1.54) is 5.56 Å². The zero-order valence-electron chi connectivity index (χ0n) is 9.95. The van der Waals surface area contributed by atoms with Gasteiger partial charge in [-0.05, 0) is 43.9 Å². The Morgan fingerprint density at radius 1 is 1.31 bits per heavy atom. The Kier molecular flexibility index (Phi) is 3.28. The summed E-state index contributed by atoms with van der Waals surface area (Å²) < 4.78 is 5.92. The van der Waals surface area contributed by atoms with Crippen LogP contribution in [0.25, 0.3) is 0 Å². The maximum atomic E-state index is 11.3. The van der Waals surface area contributed by atoms with Crippen LogP contribution in [0, 0.1) is 13.8 Å². The zero-order chi connectivity index (χ0) is 11.5. The second-order valence-electron chi connectivity index (χ2n) is 4.64. The number of carbonyl (C=O) groups is 1. The highest BCUT2D eigenvalue weighted by atomic mass is 16.5. The molecular formula is C14H18O2. The number of Topliss-reactive ketones (excluding diaryl/α,β-unsaturated/α-hetero) is 1. The Morgan fingerprint density at radius 2 is 2.12 bits per heavy atom. The maximum absolute atomic E-state index is 11.3. The molecule has 0 bridgehead atoms. The number of benzene rings is 1. The molecule has 1 saturated carbocycles. The van der Waals surface area contributed by atoms with Gasteiger partial charge in [0.15, 0.2) is 0 Å². The third-order valence-corrected chi connectivity index (χ3v) is 3.07. The van der Waals surface area contributed by atoms with Crippen molar-refractivity contribution in [1.82, 2.24) is 0 Å². The maximum Gasteiger partial charge on any atom is 0.136 e. The van der Waals surface area contributed by atoms with Crippen LogP contribution in [-0.2, 0) is 4.79 Å². The SMILES string of the molecule is Cc1ccc(C)c(OC2CCCC(=O)C2)c1. The van der Waals surface area contributed by atoms with Crippen molar-refractivity contribution in [1.29, 1.82) is 0 Å². The summed E-state index contributed by atoms with van der Waals surface area (Å²) in [6, 6.07) is 6.19. The fourth-order valence-corrected chi connectivity index (χ4v) is 2.10. The minimum absolute atomic E-state index is 0.0850. The average Bonchev–Trinajstić information content (AvgIpc) is 2.24. The van der Waals surface area contributed by atoms with E-state index in [0.717, 1.165) is 30.6 Å². The third-order valence-electron chi connectivity index (χ3n) is 3.07. The smallest absolute Gasteiger partial charge is 0.136 e. The normalized spacial score (nSPS) is 20.9. The van der Waals surface area contributed by atoms with Gasteiger partial charge >= 0.3 is 0 Å². The van der Waals surface area contributed by atoms with E-state index in [-0.39, 0.29) is 6.10 Å². The largest absolute Gasteiger partial charge is 0.490 e. The van der Waals surface area contributed by atoms with E-state index in [1.54, 1.807) is 0 Å². The molecule has 0 heterocycles. The summed E-state index contributed by atoms with van der Waals surface area (Å²) in [5.74, 6) is 1.27. The minimum Gasteiger partial charge on any atom is -0.490 e. The van der Waals surface area contributed by atoms with Crippen LogP contribution in [-0.4, -0.2) is 11.9 Å². The Bertz CT molecular complexity index is 396. The second kappa shape index (κ2) is 4.69. The molecule has 0 radical (unpaired) electrons. The molecule has 1 atom stereocenters. The van der Waals surface area contributed by atoms with Crippen LogP contribution >= 0.6 is 0 Å². The van der Waals surface area contributed by atoms with Crippen LogP contribution in [0.3, 0.4) is 0 Å². The lowest BCUT2D eigenvalue weighted by Crippen LogP contribution is -2.25. The van der Waals surface area contributed by atoms with Crippen LogP contribution in [0.1, 0.15) is 36.8 Å². The van der Waals surface area contributed by atoms with Gasteiger partial charge in [-0.2, -0.15) is 0 Å². The topological polar surface area (TPSA) is 26.3 Å². The molecule has 0 aromatic heterocycles. The van der Waals surface area contributed by atoms with Crippen molar-refractivity contribution in [2.45, 2.75) is 45.6 Å². The van der Waals surface area contributed by atoms with Crippen molar-refractivity contribution < 1.29 is 9.53 Å². The molecule has 1 aromatic rings. The second-order valence-corrected chi connectivity index (χ2v) is 4.64. The summed E-state index contributed by atoms with van der Waals surface area (Å²) in [6.45, 7) is 4.09. The molecule has 86 valence electrons. The number of carbonyl (C=O) groups excluding carboxylic acids is 1. The van der Waals surface area contributed by atoms with Gasteiger partial charge in [0.25, 0.3) is 0 Å². The molecule has 0 amide bonds. The summed E-state index contributed by atoms with van der Waals surface area (Å²) >= 11 is 0. The van der Waals surface area contributed by atoms with Crippen molar-refractivity contribution in [2.24, 2.45) is 0 Å². The molecule has 0 aliphatic heterocycles. The van der Waals surface area contributed by atoms with Crippen LogP contribution in [0.4, 0.5) is 0 Å². The molecule has 1 fully saturated rings. The summed E-state index contributed by atoms with van der Waals surface area (Å²) in [5.41, 5.74) is 2.34. The summed E-state index contributed by atoms with van der Waals surface area (Å²) in [5, 5.41) is 0. The standard InChI is InChI=1S/C14H18O2/c1-10-6-7-11(2)14(8-10)16-13-5-3-4-12(15)9-13/h6-8,13H,3-5,9H2,1-2H3. The first-order valence-corrected chi connectivity index (χ1v) is 5.91. The van der Waals surface area contributed by atoms with E-state index in [4.69, 9.17) is 4.74 Å². The quantitative estimate of drug-likeness (QED) is 0.762. The Morgan fingerprint density at radius 3 is 2.88 bits per heavy atom. The Hall–Kier alpha value is -1.31. The van der Waals surface area contributed by atoms with Gasteiger partial charge in [0.05, 0.1) is 0 Å². The first-order chi connectivity index (χ1) is 7.65. The predicted molar refractivity (Wildman–Crippen MR) is 63.8 cm³/mol. The number of hydrogen-bond donors (Lipinski definition) is 0. The van der Waals surface area contributed by atoms with Gasteiger partial charge in [-0.25, -0.2) is 0 Å². The third kappa shape index (κ3) is 2.63. The molecule has 1 aliphatic carbocycles. The molecule has 1 unspecified atom stereocenters. The van der Waals surface area contributed by atoms with Crippen molar-refractivity contribution in [2.75, 3.05) is 0 Å². The first kappa shape index (κ1) is 11.2. The number of ketones is 1. The van der Waals surface area contributed by atoms with E-state index in [1.807, 2.05) is 6.92 Å². The number of hydrogen-bond acceptors (Lipinski definition) is 2. The van der Waals surface area contributed by atoms with E-state index in [0.29, 0.717) is 12.2 Å². The van der Waals surface area contributed by atoms with E-state index in [2.05, 4.69) is 25.1 Å². The van der Waals surface area contributed by atoms with Crippen LogP contribution in [0.5, 0.6) is 5.75 Å². The lowest BCUT2D eigenvalue weighted by Gasteiger charge is -2.23. The molecule has 0 N–H and O–H groups in total. The van der Waals surface area contributed by atoms with E-state index < -0.39 is 0 Å². The van der Waals surface area contributed by atoms with Gasteiger partial charge in [-0.15, -0.1) is 0 Å². The highest BCUT2D eigenvalue weighted by Crippen LogP contribution is 2.25. The van der Waals surface area contributed by atoms with Gasteiger partial charge in [-0.1, -0.05) is 12.1 Å². The van der Waals surface area contributed by atoms with Crippen molar-refractivity contribution in [3.63, 3.8) is 0 Å². The molecule has 16 heavy (non-hydrogen) atoms. The lowest BCUT2D eigenvalue weighted by molar-refractivity contribution is -0.122. The molecule has 2 heteroatoms.